The molecule has 3 atom stereocenters. The third kappa shape index (κ3) is 6.90. The van der Waals surface area contributed by atoms with Gasteiger partial charge in [-0.2, -0.15) is 0 Å². The van der Waals surface area contributed by atoms with Gasteiger partial charge in [0.1, 0.15) is 11.9 Å². The number of aryl methyl sites for hydroxylation is 1. The van der Waals surface area contributed by atoms with Gasteiger partial charge in [0, 0.05) is 19.5 Å². The minimum absolute atomic E-state index is 0.00523. The molecule has 40 heavy (non-hydrogen) atoms. The van der Waals surface area contributed by atoms with Crippen LogP contribution in [0.15, 0.2) is 77.9 Å². The van der Waals surface area contributed by atoms with Gasteiger partial charge in [-0.05, 0) is 41.8 Å². The molecule has 0 radical (unpaired) electrons. The molecule has 3 aromatic carbocycles. The zero-order chi connectivity index (χ0) is 28.8. The molecule has 0 aliphatic heterocycles. The van der Waals surface area contributed by atoms with E-state index in [2.05, 4.69) is 15.6 Å². The van der Waals surface area contributed by atoms with Crippen molar-refractivity contribution in [1.29, 1.82) is 0 Å². The number of aromatic nitrogens is 2. The summed E-state index contributed by atoms with van der Waals surface area (Å²) in [5, 5.41) is 15.3. The summed E-state index contributed by atoms with van der Waals surface area (Å²) in [4.78, 5) is 42.3. The van der Waals surface area contributed by atoms with E-state index in [9.17, 15) is 23.9 Å². The topological polar surface area (TPSA) is 139 Å². The van der Waals surface area contributed by atoms with Crippen LogP contribution < -0.4 is 21.9 Å². The van der Waals surface area contributed by atoms with E-state index in [4.69, 9.17) is 17.3 Å². The van der Waals surface area contributed by atoms with Crippen molar-refractivity contribution in [2.75, 3.05) is 6.54 Å². The van der Waals surface area contributed by atoms with Gasteiger partial charge in [0.2, 0.25) is 11.8 Å². The molecule has 5 N–H and O–H groups in total. The van der Waals surface area contributed by atoms with E-state index in [1.807, 2.05) is 54.6 Å². The molecule has 1 heterocycles. The summed E-state index contributed by atoms with van der Waals surface area (Å²) in [6.45, 7) is 1.46. The monoisotopic (exact) mass is 565 g/mol. The van der Waals surface area contributed by atoms with Crippen LogP contribution in [-0.4, -0.2) is 45.2 Å². The van der Waals surface area contributed by atoms with Crippen molar-refractivity contribution < 1.29 is 19.1 Å². The second kappa shape index (κ2) is 12.8. The van der Waals surface area contributed by atoms with Crippen LogP contribution in [0.4, 0.5) is 4.39 Å². The minimum Gasteiger partial charge on any atom is -0.391 e. The van der Waals surface area contributed by atoms with Crippen LogP contribution in [0.2, 0.25) is 5.02 Å². The Bertz CT molecular complexity index is 1580. The van der Waals surface area contributed by atoms with Crippen molar-refractivity contribution in [2.45, 2.75) is 38.1 Å². The van der Waals surface area contributed by atoms with Crippen LogP contribution in [0.25, 0.3) is 22.0 Å². The van der Waals surface area contributed by atoms with Gasteiger partial charge in [0.15, 0.2) is 0 Å². The first-order chi connectivity index (χ1) is 19.1. The number of nitrogens with two attached hydrogens (primary N) is 1. The lowest BCUT2D eigenvalue weighted by atomic mass is 9.99. The van der Waals surface area contributed by atoms with E-state index < -0.39 is 35.5 Å². The quantitative estimate of drug-likeness (QED) is 0.233. The van der Waals surface area contributed by atoms with Crippen LogP contribution in [0.3, 0.4) is 0 Å². The SMILES string of the molecule is C[C@@H](O)[C@H](N)C(=O)N[C@H](CNC(=O)CCn1cnc2cc(Cl)c(F)cc2c1=O)c1cccc(-c2ccccc2)c1. The molecule has 0 bridgehead atoms. The molecule has 0 saturated carbocycles. The first kappa shape index (κ1) is 28.9. The molecule has 1 aromatic heterocycles. The standard InChI is InChI=1S/C29H29ClFN5O4/c1-17(37)27(32)28(39)35-25(20-9-5-8-19(12-20)18-6-3-2-4-7-18)15-33-26(38)10-11-36-16-34-24-14-22(30)23(31)13-21(24)29(36)40/h2-9,12-14,16-17,25,27,37H,10-11,15,32H2,1H3,(H,33,38)(H,35,39)/t17-,25-,27+/m1/s1. The molecule has 0 aliphatic carbocycles. The Hall–Kier alpha value is -4.12. The van der Waals surface area contributed by atoms with Gasteiger partial charge in [-0.1, -0.05) is 60.1 Å². The fraction of sp³-hybridized carbons (Fsp3) is 0.241. The zero-order valence-corrected chi connectivity index (χ0v) is 22.4. The third-order valence-corrected chi connectivity index (χ3v) is 6.77. The highest BCUT2D eigenvalue weighted by atomic mass is 35.5. The van der Waals surface area contributed by atoms with Gasteiger partial charge < -0.3 is 21.5 Å². The summed E-state index contributed by atoms with van der Waals surface area (Å²) in [6, 6.07) is 17.7. The molecule has 9 nitrogen and oxygen atoms in total. The average Bonchev–Trinajstić information content (AvgIpc) is 2.96. The maximum absolute atomic E-state index is 13.9. The second-order valence-corrected chi connectivity index (χ2v) is 9.81. The summed E-state index contributed by atoms with van der Waals surface area (Å²) < 4.78 is 15.1. The highest BCUT2D eigenvalue weighted by Gasteiger charge is 2.23. The molecular formula is C29H29ClFN5O4. The number of halogens is 2. The van der Waals surface area contributed by atoms with E-state index >= 15 is 0 Å². The number of benzene rings is 3. The number of amides is 2. The molecule has 11 heteroatoms. The Morgan fingerprint density at radius 2 is 1.82 bits per heavy atom. The lowest BCUT2D eigenvalue weighted by Crippen LogP contribution is -2.49. The number of nitrogens with one attached hydrogen (secondary N) is 2. The van der Waals surface area contributed by atoms with E-state index in [-0.39, 0.29) is 41.3 Å². The number of nitrogens with zero attached hydrogens (tertiary/aromatic N) is 2. The van der Waals surface area contributed by atoms with Gasteiger partial charge in [-0.3, -0.25) is 19.0 Å². The minimum atomic E-state index is -1.15. The maximum atomic E-state index is 13.9. The fourth-order valence-electron chi connectivity index (χ4n) is 4.14. The first-order valence-corrected chi connectivity index (χ1v) is 13.0. The Morgan fingerprint density at radius 3 is 2.55 bits per heavy atom. The summed E-state index contributed by atoms with van der Waals surface area (Å²) in [6.07, 6.45) is 0.146. The fourth-order valence-corrected chi connectivity index (χ4v) is 4.30. The first-order valence-electron chi connectivity index (χ1n) is 12.6. The van der Waals surface area contributed by atoms with Crippen molar-refractivity contribution in [3.8, 4) is 11.1 Å². The molecule has 2 amide bonds. The molecule has 0 aliphatic rings. The highest BCUT2D eigenvalue weighted by molar-refractivity contribution is 6.31. The smallest absolute Gasteiger partial charge is 0.261 e. The summed E-state index contributed by atoms with van der Waals surface area (Å²) in [5.74, 6) is -1.68. The maximum Gasteiger partial charge on any atom is 0.261 e. The summed E-state index contributed by atoms with van der Waals surface area (Å²) >= 11 is 5.77. The van der Waals surface area contributed by atoms with E-state index in [1.165, 1.54) is 23.9 Å². The molecule has 0 unspecified atom stereocenters. The lowest BCUT2D eigenvalue weighted by molar-refractivity contribution is -0.126. The number of aliphatic hydroxyl groups is 1. The normalized spacial score (nSPS) is 13.4. The summed E-state index contributed by atoms with van der Waals surface area (Å²) in [5.41, 5.74) is 8.21. The van der Waals surface area contributed by atoms with E-state index in [0.29, 0.717) is 0 Å². The Kier molecular flexibility index (Phi) is 9.26. The molecule has 4 rings (SSSR count). The van der Waals surface area contributed by atoms with Gasteiger partial charge >= 0.3 is 0 Å². The lowest BCUT2D eigenvalue weighted by Gasteiger charge is -2.23. The molecule has 0 fully saturated rings. The van der Waals surface area contributed by atoms with Gasteiger partial charge in [-0.25, -0.2) is 9.37 Å². The van der Waals surface area contributed by atoms with Gasteiger partial charge in [-0.15, -0.1) is 0 Å². The zero-order valence-electron chi connectivity index (χ0n) is 21.7. The molecule has 0 spiro atoms. The summed E-state index contributed by atoms with van der Waals surface area (Å²) in [7, 11) is 0. The third-order valence-electron chi connectivity index (χ3n) is 6.48. The van der Waals surface area contributed by atoms with Crippen molar-refractivity contribution in [1.82, 2.24) is 20.2 Å². The number of fused-ring (bicyclic) bond motifs is 1. The van der Waals surface area contributed by atoms with Gasteiger partial charge in [0.05, 0.1) is 34.4 Å². The van der Waals surface area contributed by atoms with Crippen molar-refractivity contribution in [2.24, 2.45) is 5.73 Å². The van der Waals surface area contributed by atoms with Crippen LogP contribution in [-0.2, 0) is 16.1 Å². The molecule has 208 valence electrons. The van der Waals surface area contributed by atoms with Gasteiger partial charge in [0.25, 0.3) is 5.56 Å². The number of carbonyl (C=O) groups is 2. The number of rotatable bonds is 10. The van der Waals surface area contributed by atoms with Crippen molar-refractivity contribution in [3.05, 3.63) is 99.8 Å². The highest BCUT2D eigenvalue weighted by Crippen LogP contribution is 2.23. The van der Waals surface area contributed by atoms with Crippen LogP contribution >= 0.6 is 11.6 Å². The number of hydrogen-bond donors (Lipinski definition) is 4. The number of aliphatic hydroxyl groups excluding tert-OH is 1. The van der Waals surface area contributed by atoms with E-state index in [0.717, 1.165) is 22.8 Å². The van der Waals surface area contributed by atoms with Crippen LogP contribution in [0.5, 0.6) is 0 Å². The Morgan fingerprint density at radius 1 is 1.10 bits per heavy atom. The predicted octanol–water partition coefficient (Wildman–Crippen LogP) is 2.93. The molecular weight excluding hydrogens is 537 g/mol. The van der Waals surface area contributed by atoms with E-state index in [1.54, 1.807) is 0 Å². The number of carbonyl (C=O) groups excluding carboxylic acids is 2. The van der Waals surface area contributed by atoms with Crippen LogP contribution in [0, 0.1) is 5.82 Å². The number of hydrogen-bond acceptors (Lipinski definition) is 6. The Labute approximate surface area is 234 Å². The van der Waals surface area contributed by atoms with Crippen LogP contribution in [0.1, 0.15) is 24.9 Å². The largest absolute Gasteiger partial charge is 0.391 e. The average molecular weight is 566 g/mol. The predicted molar refractivity (Wildman–Crippen MR) is 151 cm³/mol. The Balaban J connectivity index is 1.47. The van der Waals surface area contributed by atoms with Crippen molar-refractivity contribution in [3.63, 3.8) is 0 Å². The molecule has 0 saturated heterocycles. The molecule has 4 aromatic rings. The van der Waals surface area contributed by atoms with Crippen molar-refractivity contribution >= 4 is 34.3 Å². The second-order valence-electron chi connectivity index (χ2n) is 9.40.